The molecule has 5 N–H and O–H groups in total. The van der Waals surface area contributed by atoms with Gasteiger partial charge in [0.1, 0.15) is 29.7 Å². The van der Waals surface area contributed by atoms with Gasteiger partial charge in [0, 0.05) is 24.2 Å². The number of hydrogen-bond acceptors (Lipinski definition) is 11. The molecule has 0 unspecified atom stereocenters. The fourth-order valence-corrected chi connectivity index (χ4v) is 8.61. The van der Waals surface area contributed by atoms with Gasteiger partial charge in [0.2, 0.25) is 5.96 Å². The van der Waals surface area contributed by atoms with Crippen molar-refractivity contribution >= 4 is 39.4 Å². The molecule has 6 rings (SSSR count). The Morgan fingerprint density at radius 3 is 2.49 bits per heavy atom. The van der Waals surface area contributed by atoms with E-state index >= 15 is 4.79 Å². The van der Waals surface area contributed by atoms with E-state index in [-0.39, 0.29) is 54.2 Å². The second kappa shape index (κ2) is 15.7. The number of fused-ring (bicyclic) bond motifs is 4. The number of aliphatic hydroxyl groups is 1. The Hall–Kier alpha value is -5.48. The number of guanidine groups is 1. The minimum atomic E-state index is -4.28. The number of aliphatic hydroxyl groups excluding tert-OH is 1. The zero-order valence-electron chi connectivity index (χ0n) is 31.9. The van der Waals surface area contributed by atoms with Crippen LogP contribution in [-0.2, 0) is 39.2 Å². The number of alkyl carbamates (subject to hydrolysis) is 1. The third kappa shape index (κ3) is 8.29. The van der Waals surface area contributed by atoms with E-state index in [0.717, 1.165) is 5.56 Å². The number of benzene rings is 3. The van der Waals surface area contributed by atoms with Crippen molar-refractivity contribution in [2.75, 3.05) is 11.4 Å². The van der Waals surface area contributed by atoms with Gasteiger partial charge in [0.05, 0.1) is 29.4 Å². The number of ether oxygens (including phenoxy) is 2. The molecule has 0 fully saturated rings. The monoisotopic (exact) mass is 772 g/mol. The summed E-state index contributed by atoms with van der Waals surface area (Å²) in [5.41, 5.74) is 9.36. The molecule has 3 heterocycles. The number of nitrogens with zero attached hydrogens (tertiary/aromatic N) is 5. The number of aliphatic imine (C=N–C) groups is 1. The number of carbonyl (C=O) groups excluding carboxylic acids is 2. The third-order valence-corrected chi connectivity index (χ3v) is 11.4. The second-order valence-electron chi connectivity index (χ2n) is 14.9. The molecule has 2 atom stereocenters. The summed E-state index contributed by atoms with van der Waals surface area (Å²) in [6.45, 7) is 11.0. The van der Waals surface area contributed by atoms with Crippen LogP contribution in [-0.4, -0.2) is 58.6 Å². The van der Waals surface area contributed by atoms with Crippen molar-refractivity contribution in [2.24, 2.45) is 16.6 Å². The Morgan fingerprint density at radius 1 is 1.11 bits per heavy atom. The van der Waals surface area contributed by atoms with Crippen LogP contribution in [0.1, 0.15) is 86.1 Å². The van der Waals surface area contributed by atoms with E-state index in [0.29, 0.717) is 46.7 Å². The molecule has 292 valence electrons. The van der Waals surface area contributed by atoms with Crippen LogP contribution >= 0.6 is 0 Å². The van der Waals surface area contributed by atoms with Crippen LogP contribution in [0, 0.1) is 19.8 Å². The van der Waals surface area contributed by atoms with Crippen molar-refractivity contribution in [1.82, 2.24) is 25.0 Å². The minimum Gasteiger partial charge on any atom is -0.485 e. The zero-order chi connectivity index (χ0) is 39.7. The van der Waals surface area contributed by atoms with Gasteiger partial charge in [-0.05, 0) is 80.8 Å². The number of nitrogens with two attached hydrogens (primary N) is 1. The van der Waals surface area contributed by atoms with Crippen molar-refractivity contribution in [1.29, 1.82) is 0 Å². The average Bonchev–Trinajstić information content (AvgIpc) is 3.75. The molecule has 0 saturated heterocycles. The Balaban J connectivity index is 1.47. The van der Waals surface area contributed by atoms with Gasteiger partial charge in [0.25, 0.3) is 15.9 Å². The van der Waals surface area contributed by atoms with Gasteiger partial charge in [-0.1, -0.05) is 61.5 Å². The van der Waals surface area contributed by atoms with E-state index in [1.807, 2.05) is 58.0 Å². The molecule has 0 radical (unpaired) electrons. The number of nitrogens with one attached hydrogen (secondary N) is 2. The van der Waals surface area contributed by atoms with Crippen LogP contribution in [0.5, 0.6) is 5.75 Å². The zero-order valence-corrected chi connectivity index (χ0v) is 32.7. The molecule has 2 amide bonds. The normalized spacial score (nSPS) is 18.5. The summed E-state index contributed by atoms with van der Waals surface area (Å²) < 4.78 is 44.1. The molecule has 3 aromatic carbocycles. The molecule has 2 aliphatic rings. The SMILES string of the molecule is Cc1c2c(c3c(C)c1S(=O)(=O)NC(N)=NCCC[C@H](n1cc([C@@H](NC(=O)OCc4ccccc4)C(C)C)nn1)C(=O)N3c1ccc(CO)cc1)OC(C)(C)C2. The Kier molecular flexibility index (Phi) is 11.2. The lowest BCUT2D eigenvalue weighted by Crippen LogP contribution is -2.38. The van der Waals surface area contributed by atoms with Crippen LogP contribution in [0.2, 0.25) is 0 Å². The van der Waals surface area contributed by atoms with Crippen LogP contribution < -0.4 is 25.4 Å². The minimum absolute atomic E-state index is 0.0330. The maximum atomic E-state index is 15.4. The van der Waals surface area contributed by atoms with Gasteiger partial charge in [-0.25, -0.2) is 22.6 Å². The summed E-state index contributed by atoms with van der Waals surface area (Å²) in [6, 6.07) is 14.5. The molecule has 1 aromatic heterocycles. The van der Waals surface area contributed by atoms with E-state index in [4.69, 9.17) is 15.2 Å². The predicted molar refractivity (Wildman–Crippen MR) is 206 cm³/mol. The van der Waals surface area contributed by atoms with Gasteiger partial charge in [-0.3, -0.25) is 14.7 Å². The quantitative estimate of drug-likeness (QED) is 0.188. The summed E-state index contributed by atoms with van der Waals surface area (Å²) >= 11 is 0. The maximum absolute atomic E-state index is 15.4. The summed E-state index contributed by atoms with van der Waals surface area (Å²) in [6.07, 6.45) is 1.92. The molecule has 2 bridgehead atoms. The van der Waals surface area contributed by atoms with Crippen molar-refractivity contribution in [3.8, 4) is 5.75 Å². The van der Waals surface area contributed by atoms with Crippen LogP contribution in [0.3, 0.4) is 0 Å². The lowest BCUT2D eigenvalue weighted by atomic mass is 9.94. The maximum Gasteiger partial charge on any atom is 0.408 e. The Labute approximate surface area is 321 Å². The van der Waals surface area contributed by atoms with Crippen LogP contribution in [0.4, 0.5) is 16.2 Å². The standard InChI is InChI=1S/C39H48N8O7S/c1-23(2)32(42-38(50)53-22-27-11-8-7-9-12-27)30-20-46(45-43-30)31-13-10-18-41-37(40)44-55(51,52)35-24(3)29-19-39(5,6)54-34(29)33(25(35)4)47(36(31)49)28-16-14-26(21-48)15-17-28/h7-9,11-12,14-17,20,23,31-32,48H,10,13,18-19,21-22H2,1-6H3,(H,42,50)(H3,40,41,44)/t31-,32-/m0/s1. The first-order valence-electron chi connectivity index (χ1n) is 18.2. The first kappa shape index (κ1) is 39.2. The fourth-order valence-electron chi connectivity index (χ4n) is 7.14. The van der Waals surface area contributed by atoms with E-state index in [1.165, 1.54) is 9.58 Å². The lowest BCUT2D eigenvalue weighted by Gasteiger charge is -2.32. The highest BCUT2D eigenvalue weighted by atomic mass is 32.2. The van der Waals surface area contributed by atoms with Gasteiger partial charge in [-0.15, -0.1) is 5.10 Å². The first-order chi connectivity index (χ1) is 26.1. The number of anilines is 2. The van der Waals surface area contributed by atoms with Crippen molar-refractivity contribution < 1.29 is 32.6 Å². The first-order valence-corrected chi connectivity index (χ1v) is 19.7. The summed E-state index contributed by atoms with van der Waals surface area (Å²) in [5, 5.41) is 21.6. The molecule has 4 aromatic rings. The molecule has 2 aliphatic heterocycles. The number of aromatic nitrogens is 3. The van der Waals surface area contributed by atoms with Gasteiger partial charge in [0.15, 0.2) is 0 Å². The molecule has 55 heavy (non-hydrogen) atoms. The van der Waals surface area contributed by atoms with Crippen molar-refractivity contribution in [3.63, 3.8) is 0 Å². The largest absolute Gasteiger partial charge is 0.485 e. The smallest absolute Gasteiger partial charge is 0.408 e. The molecular formula is C39H48N8O7S. The molecule has 0 saturated carbocycles. The fraction of sp³-hybridized carbons (Fsp3) is 0.410. The van der Waals surface area contributed by atoms with Gasteiger partial charge < -0.3 is 25.6 Å². The Bertz CT molecular complexity index is 2200. The third-order valence-electron chi connectivity index (χ3n) is 9.81. The molecule has 0 aliphatic carbocycles. The van der Waals surface area contributed by atoms with E-state index in [2.05, 4.69) is 25.3 Å². The topological polar surface area (TPSA) is 203 Å². The average molecular weight is 773 g/mol. The van der Waals surface area contributed by atoms with Crippen LogP contribution in [0.25, 0.3) is 0 Å². The van der Waals surface area contributed by atoms with E-state index in [1.54, 1.807) is 44.3 Å². The summed E-state index contributed by atoms with van der Waals surface area (Å²) in [4.78, 5) is 34.0. The van der Waals surface area contributed by atoms with E-state index < -0.39 is 39.7 Å². The lowest BCUT2D eigenvalue weighted by molar-refractivity contribution is -0.121. The number of carbonyl (C=O) groups is 2. The Morgan fingerprint density at radius 2 is 1.82 bits per heavy atom. The number of hydrogen-bond donors (Lipinski definition) is 4. The van der Waals surface area contributed by atoms with Crippen molar-refractivity contribution in [2.45, 2.75) is 96.6 Å². The number of sulfonamides is 1. The van der Waals surface area contributed by atoms with Gasteiger partial charge >= 0.3 is 6.09 Å². The van der Waals surface area contributed by atoms with Gasteiger partial charge in [-0.2, -0.15) is 0 Å². The number of amides is 2. The van der Waals surface area contributed by atoms with Crippen LogP contribution in [0.15, 0.2) is 70.7 Å². The highest BCUT2D eigenvalue weighted by Gasteiger charge is 2.42. The second-order valence-corrected chi connectivity index (χ2v) is 16.5. The highest BCUT2D eigenvalue weighted by Crippen LogP contribution is 2.51. The predicted octanol–water partition coefficient (Wildman–Crippen LogP) is 5.02. The molecule has 0 spiro atoms. The van der Waals surface area contributed by atoms with E-state index in [9.17, 15) is 18.3 Å². The summed E-state index contributed by atoms with van der Waals surface area (Å²) in [7, 11) is -4.28. The molecule has 15 nitrogen and oxygen atoms in total. The molecule has 16 heteroatoms. The highest BCUT2D eigenvalue weighted by molar-refractivity contribution is 7.90. The molecular weight excluding hydrogens is 725 g/mol. The van der Waals surface area contributed by atoms with Crippen molar-refractivity contribution in [3.05, 3.63) is 94.3 Å². The number of rotatable bonds is 8. The summed E-state index contributed by atoms with van der Waals surface area (Å²) in [5.74, 6) is -0.454.